The van der Waals surface area contributed by atoms with Crippen molar-refractivity contribution in [3.63, 3.8) is 0 Å². The second-order valence-electron chi connectivity index (χ2n) is 5.19. The Kier molecular flexibility index (Phi) is 8.04. The van der Waals surface area contributed by atoms with Crippen LogP contribution in [-0.2, 0) is 28.4 Å². The Labute approximate surface area is 153 Å². The van der Waals surface area contributed by atoms with Crippen LogP contribution in [0.2, 0.25) is 0 Å². The van der Waals surface area contributed by atoms with Crippen molar-refractivity contribution in [2.24, 2.45) is 7.05 Å². The van der Waals surface area contributed by atoms with Crippen LogP contribution in [0.5, 0.6) is 0 Å². The largest absolute Gasteiger partial charge is 0.339 e. The normalized spacial score (nSPS) is 11.0. The molecule has 1 aromatic heterocycles. The molecule has 8 nitrogen and oxygen atoms in total. The van der Waals surface area contributed by atoms with Gasteiger partial charge in [0, 0.05) is 25.5 Å². The maximum Gasteiger partial charge on any atom is 0.260 e. The quantitative estimate of drug-likeness (QED) is 0.623. The van der Waals surface area contributed by atoms with Crippen LogP contribution in [0.3, 0.4) is 0 Å². The number of aromatic nitrogens is 2. The Balaban J connectivity index is 0.00000312. The number of para-hydroxylation sites is 1. The number of sulfonamides is 1. The number of aryl methyl sites for hydroxylation is 1. The number of hydrogen-bond donors (Lipinski definition) is 3. The third-order valence-corrected chi connectivity index (χ3v) is 4.52. The lowest BCUT2D eigenvalue weighted by atomic mass is 10.1. The van der Waals surface area contributed by atoms with E-state index in [4.69, 9.17) is 0 Å². The molecule has 25 heavy (non-hydrogen) atoms. The van der Waals surface area contributed by atoms with Gasteiger partial charge in [0.15, 0.2) is 5.03 Å². The van der Waals surface area contributed by atoms with E-state index in [0.29, 0.717) is 12.2 Å². The van der Waals surface area contributed by atoms with Gasteiger partial charge in [-0.25, -0.2) is 18.1 Å². The van der Waals surface area contributed by atoms with Gasteiger partial charge in [0.05, 0.1) is 12.9 Å². The number of imidazole rings is 1. The highest BCUT2D eigenvalue weighted by atomic mass is 35.5. The molecule has 0 bridgehead atoms. The first-order valence-corrected chi connectivity index (χ1v) is 8.97. The first kappa shape index (κ1) is 21.1. The fourth-order valence-corrected chi connectivity index (χ4v) is 2.97. The van der Waals surface area contributed by atoms with Crippen LogP contribution in [0.25, 0.3) is 0 Å². The van der Waals surface area contributed by atoms with Crippen molar-refractivity contribution in [3.8, 4) is 0 Å². The van der Waals surface area contributed by atoms with Gasteiger partial charge in [0.25, 0.3) is 10.0 Å². The van der Waals surface area contributed by atoms with E-state index >= 15 is 0 Å². The molecule has 0 saturated heterocycles. The highest BCUT2D eigenvalue weighted by molar-refractivity contribution is 7.89. The van der Waals surface area contributed by atoms with Crippen molar-refractivity contribution in [1.82, 2.24) is 19.6 Å². The number of anilines is 1. The van der Waals surface area contributed by atoms with Crippen molar-refractivity contribution in [2.45, 2.75) is 18.5 Å². The zero-order valence-electron chi connectivity index (χ0n) is 14.0. The third kappa shape index (κ3) is 6.13. The highest BCUT2D eigenvalue weighted by Crippen LogP contribution is 2.14. The number of nitrogens with zero attached hydrogens (tertiary/aromatic N) is 2. The maximum absolute atomic E-state index is 12.0. The molecule has 0 unspecified atom stereocenters. The summed E-state index contributed by atoms with van der Waals surface area (Å²) >= 11 is 0. The van der Waals surface area contributed by atoms with Gasteiger partial charge in [-0.2, -0.15) is 0 Å². The molecule has 138 valence electrons. The number of carbonyl (C=O) groups excluding carboxylic acids is 1. The first-order valence-electron chi connectivity index (χ1n) is 7.48. The van der Waals surface area contributed by atoms with Gasteiger partial charge in [-0.3, -0.25) is 4.79 Å². The molecule has 0 aliphatic rings. The van der Waals surface area contributed by atoms with Crippen LogP contribution in [-0.4, -0.2) is 37.0 Å². The molecular weight excluding hydrogens is 366 g/mol. The molecule has 2 rings (SSSR count). The first-order chi connectivity index (χ1) is 11.4. The fourth-order valence-electron chi connectivity index (χ4n) is 2.01. The molecule has 0 spiro atoms. The summed E-state index contributed by atoms with van der Waals surface area (Å²) in [6.45, 7) is 3.06. The zero-order chi connectivity index (χ0) is 17.6. The van der Waals surface area contributed by atoms with Crippen molar-refractivity contribution in [3.05, 3.63) is 42.4 Å². The zero-order valence-corrected chi connectivity index (χ0v) is 15.7. The van der Waals surface area contributed by atoms with E-state index in [1.54, 1.807) is 13.1 Å². The number of carbonyl (C=O) groups is 1. The molecule has 0 saturated carbocycles. The summed E-state index contributed by atoms with van der Waals surface area (Å²) < 4.78 is 27.8. The maximum atomic E-state index is 12.0. The predicted octanol–water partition coefficient (Wildman–Crippen LogP) is 0.868. The minimum Gasteiger partial charge on any atom is -0.339 e. The van der Waals surface area contributed by atoms with Crippen molar-refractivity contribution < 1.29 is 13.2 Å². The van der Waals surface area contributed by atoms with E-state index in [1.165, 1.54) is 17.1 Å². The van der Waals surface area contributed by atoms with Crippen LogP contribution in [0.1, 0.15) is 12.5 Å². The van der Waals surface area contributed by atoms with Gasteiger partial charge in [-0.05, 0) is 18.2 Å². The van der Waals surface area contributed by atoms with E-state index in [0.717, 1.165) is 12.1 Å². The molecule has 0 radical (unpaired) electrons. The average molecular weight is 388 g/mol. The van der Waals surface area contributed by atoms with Gasteiger partial charge in [-0.15, -0.1) is 12.4 Å². The Morgan fingerprint density at radius 2 is 2.00 bits per heavy atom. The van der Waals surface area contributed by atoms with Crippen molar-refractivity contribution >= 4 is 34.0 Å². The summed E-state index contributed by atoms with van der Waals surface area (Å²) in [6.07, 6.45) is 2.75. The molecule has 3 N–H and O–H groups in total. The topological polar surface area (TPSA) is 105 Å². The Morgan fingerprint density at radius 1 is 1.28 bits per heavy atom. The van der Waals surface area contributed by atoms with E-state index in [2.05, 4.69) is 20.3 Å². The molecule has 0 aliphatic carbocycles. The van der Waals surface area contributed by atoms with Gasteiger partial charge in [-0.1, -0.05) is 25.1 Å². The molecular formula is C15H22ClN5O3S. The summed E-state index contributed by atoms with van der Waals surface area (Å²) in [7, 11) is -2.14. The molecule has 10 heteroatoms. The van der Waals surface area contributed by atoms with Crippen LogP contribution in [0, 0.1) is 0 Å². The van der Waals surface area contributed by atoms with Crippen molar-refractivity contribution in [1.29, 1.82) is 0 Å². The minimum atomic E-state index is -3.81. The molecule has 0 atom stereocenters. The predicted molar refractivity (Wildman–Crippen MR) is 98.1 cm³/mol. The SMILES string of the molecule is CCNCc1ccccc1NC(=O)CNS(=O)(=O)c1cn(C)cn1.Cl. The second-order valence-corrected chi connectivity index (χ2v) is 6.90. The van der Waals surface area contributed by atoms with Crippen molar-refractivity contribution in [2.75, 3.05) is 18.4 Å². The Bertz CT molecular complexity index is 807. The molecule has 1 amide bonds. The Hall–Kier alpha value is -1.94. The summed E-state index contributed by atoms with van der Waals surface area (Å²) in [5, 5.41) is 5.78. The number of halogens is 1. The van der Waals surface area contributed by atoms with Crippen LogP contribution in [0.4, 0.5) is 5.69 Å². The van der Waals surface area contributed by atoms with E-state index in [1.807, 2.05) is 25.1 Å². The molecule has 0 aliphatic heterocycles. The summed E-state index contributed by atoms with van der Waals surface area (Å²) in [6, 6.07) is 7.36. The van der Waals surface area contributed by atoms with Gasteiger partial charge in [0.1, 0.15) is 0 Å². The minimum absolute atomic E-state index is 0. The Morgan fingerprint density at radius 3 is 2.64 bits per heavy atom. The van der Waals surface area contributed by atoms with E-state index in [9.17, 15) is 13.2 Å². The van der Waals surface area contributed by atoms with Gasteiger partial charge >= 0.3 is 0 Å². The highest BCUT2D eigenvalue weighted by Gasteiger charge is 2.18. The monoisotopic (exact) mass is 387 g/mol. The lowest BCUT2D eigenvalue weighted by Crippen LogP contribution is -2.33. The van der Waals surface area contributed by atoms with Gasteiger partial charge in [0.2, 0.25) is 5.91 Å². The lowest BCUT2D eigenvalue weighted by Gasteiger charge is -2.11. The molecule has 1 aromatic carbocycles. The van der Waals surface area contributed by atoms with Crippen LogP contribution < -0.4 is 15.4 Å². The average Bonchev–Trinajstić information content (AvgIpc) is 3.00. The van der Waals surface area contributed by atoms with Gasteiger partial charge < -0.3 is 15.2 Å². The van der Waals surface area contributed by atoms with E-state index in [-0.39, 0.29) is 24.0 Å². The smallest absolute Gasteiger partial charge is 0.260 e. The number of nitrogens with one attached hydrogen (secondary N) is 3. The molecule has 1 heterocycles. The standard InChI is InChI=1S/C15H21N5O3S.ClH/c1-3-16-8-12-6-4-5-7-13(12)19-14(21)9-18-24(22,23)15-10-20(2)11-17-15;/h4-7,10-11,16,18H,3,8-9H2,1-2H3,(H,19,21);1H. The van der Waals surface area contributed by atoms with E-state index < -0.39 is 15.9 Å². The number of benzene rings is 1. The van der Waals surface area contributed by atoms with Crippen LogP contribution in [0.15, 0.2) is 41.8 Å². The summed E-state index contributed by atoms with van der Waals surface area (Å²) in [4.78, 5) is 15.8. The third-order valence-electron chi connectivity index (χ3n) is 3.24. The number of hydrogen-bond acceptors (Lipinski definition) is 5. The fraction of sp³-hybridized carbons (Fsp3) is 0.333. The second kappa shape index (κ2) is 9.52. The molecule has 2 aromatic rings. The van der Waals surface area contributed by atoms with Crippen LogP contribution >= 0.6 is 12.4 Å². The molecule has 0 fully saturated rings. The lowest BCUT2D eigenvalue weighted by molar-refractivity contribution is -0.115. The number of rotatable bonds is 8. The summed E-state index contributed by atoms with van der Waals surface area (Å²) in [5.74, 6) is -0.446. The number of amides is 1. The summed E-state index contributed by atoms with van der Waals surface area (Å²) in [5.41, 5.74) is 1.58.